The second kappa shape index (κ2) is 12.3. The fourth-order valence-electron chi connectivity index (χ4n) is 5.91. The fraction of sp³-hybridized carbons (Fsp3) is 0.200. The number of hydrogen-bond acceptors (Lipinski definition) is 9. The van der Waals surface area contributed by atoms with E-state index >= 15 is 0 Å². The van der Waals surface area contributed by atoms with Gasteiger partial charge in [0.2, 0.25) is 5.82 Å². The third-order valence-electron chi connectivity index (χ3n) is 8.33. The summed E-state index contributed by atoms with van der Waals surface area (Å²) < 4.78 is 16.7. The molecule has 2 aromatic carbocycles. The molecular formula is C35H31FN10. The zero-order valence-electron chi connectivity index (χ0n) is 25.3. The highest BCUT2D eigenvalue weighted by Gasteiger charge is 2.22. The van der Waals surface area contributed by atoms with Crippen LogP contribution in [0.25, 0.3) is 39.5 Å². The maximum atomic E-state index is 14.7. The van der Waals surface area contributed by atoms with Gasteiger partial charge in [0.05, 0.1) is 11.3 Å². The van der Waals surface area contributed by atoms with Crippen LogP contribution in [0.5, 0.6) is 0 Å². The number of nitrogens with two attached hydrogens (primary N) is 1. The second-order valence-electron chi connectivity index (χ2n) is 11.2. The topological polar surface area (TPSA) is 126 Å². The molecule has 1 aliphatic heterocycles. The summed E-state index contributed by atoms with van der Waals surface area (Å²) in [5.41, 5.74) is 12.3. The summed E-state index contributed by atoms with van der Waals surface area (Å²) >= 11 is 0. The van der Waals surface area contributed by atoms with Crippen molar-refractivity contribution in [1.29, 1.82) is 5.26 Å². The fourth-order valence-corrected chi connectivity index (χ4v) is 5.91. The third kappa shape index (κ3) is 5.50. The minimum absolute atomic E-state index is 0.202. The number of aryl methyl sites for hydroxylation is 1. The van der Waals surface area contributed by atoms with Crippen LogP contribution in [-0.4, -0.2) is 60.6 Å². The molecule has 0 amide bonds. The summed E-state index contributed by atoms with van der Waals surface area (Å²) in [6, 6.07) is 24.4. The minimum atomic E-state index is -0.336. The molecule has 4 aromatic heterocycles. The maximum absolute atomic E-state index is 14.7. The number of nitriles is 1. The molecule has 5 heterocycles. The van der Waals surface area contributed by atoms with Crippen LogP contribution in [0.1, 0.15) is 23.9 Å². The number of rotatable bonds is 7. The Labute approximate surface area is 265 Å². The van der Waals surface area contributed by atoms with Gasteiger partial charge in [0.1, 0.15) is 29.0 Å². The number of aromatic nitrogens is 6. The smallest absolute Gasteiger partial charge is 0.234 e. The van der Waals surface area contributed by atoms with E-state index < -0.39 is 0 Å². The molecule has 0 unspecified atom stereocenters. The zero-order valence-corrected chi connectivity index (χ0v) is 25.3. The predicted molar refractivity (Wildman–Crippen MR) is 176 cm³/mol. The van der Waals surface area contributed by atoms with Crippen molar-refractivity contribution in [2.75, 3.05) is 36.8 Å². The number of hydrogen-bond donors (Lipinski definition) is 1. The van der Waals surface area contributed by atoms with Crippen LogP contribution < -0.4 is 10.6 Å². The van der Waals surface area contributed by atoms with Crippen LogP contribution in [0.2, 0.25) is 0 Å². The van der Waals surface area contributed by atoms with Crippen molar-refractivity contribution in [2.24, 2.45) is 0 Å². The molecule has 7 rings (SSSR count). The molecule has 11 heteroatoms. The lowest BCUT2D eigenvalue weighted by molar-refractivity contribution is 0.249. The molecule has 0 saturated carbocycles. The molecule has 228 valence electrons. The van der Waals surface area contributed by atoms with Crippen molar-refractivity contribution < 1.29 is 4.39 Å². The number of benzene rings is 2. The van der Waals surface area contributed by atoms with Crippen LogP contribution in [0, 0.1) is 17.1 Å². The summed E-state index contributed by atoms with van der Waals surface area (Å²) in [5.74, 6) is 1.70. The number of nitrogens with zero attached hydrogens (tertiary/aromatic N) is 9. The molecular weight excluding hydrogens is 579 g/mol. The first-order valence-corrected chi connectivity index (χ1v) is 15.2. The molecule has 0 bridgehead atoms. The normalized spacial score (nSPS) is 13.6. The Kier molecular flexibility index (Phi) is 7.78. The molecule has 0 aliphatic carbocycles. The first-order chi connectivity index (χ1) is 22.5. The van der Waals surface area contributed by atoms with Gasteiger partial charge in [0.25, 0.3) is 0 Å². The van der Waals surface area contributed by atoms with E-state index in [4.69, 9.17) is 15.7 Å². The number of fused-ring (bicyclic) bond motifs is 1. The summed E-state index contributed by atoms with van der Waals surface area (Å²) in [6.07, 6.45) is 4.23. The summed E-state index contributed by atoms with van der Waals surface area (Å²) in [5, 5.41) is 9.28. The molecule has 1 fully saturated rings. The predicted octanol–water partition coefficient (Wildman–Crippen LogP) is 5.42. The quantitative estimate of drug-likeness (QED) is 0.252. The number of anilines is 2. The van der Waals surface area contributed by atoms with Crippen molar-refractivity contribution in [3.63, 3.8) is 0 Å². The molecule has 6 aromatic rings. The summed E-state index contributed by atoms with van der Waals surface area (Å²) in [7, 11) is 0. The lowest BCUT2D eigenvalue weighted by Gasteiger charge is -2.36. The number of nitrogen functional groups attached to an aromatic ring is 1. The van der Waals surface area contributed by atoms with E-state index in [9.17, 15) is 9.65 Å². The maximum Gasteiger partial charge on any atom is 0.234 e. The van der Waals surface area contributed by atoms with Gasteiger partial charge >= 0.3 is 0 Å². The van der Waals surface area contributed by atoms with Crippen LogP contribution in [0.4, 0.5) is 16.0 Å². The minimum Gasteiger partial charge on any atom is -0.383 e. The van der Waals surface area contributed by atoms with E-state index in [1.54, 1.807) is 36.7 Å². The van der Waals surface area contributed by atoms with Crippen molar-refractivity contribution in [1.82, 2.24) is 34.4 Å². The van der Waals surface area contributed by atoms with E-state index in [-0.39, 0.29) is 11.6 Å². The average molecular weight is 611 g/mol. The zero-order chi connectivity index (χ0) is 31.6. The van der Waals surface area contributed by atoms with E-state index in [2.05, 4.69) is 62.0 Å². The summed E-state index contributed by atoms with van der Waals surface area (Å²) in [4.78, 5) is 27.4. The van der Waals surface area contributed by atoms with E-state index in [1.807, 2.05) is 22.8 Å². The monoisotopic (exact) mass is 610 g/mol. The average Bonchev–Trinajstić information content (AvgIpc) is 3.47. The van der Waals surface area contributed by atoms with Crippen molar-refractivity contribution >= 4 is 22.8 Å². The number of imidazole rings is 1. The van der Waals surface area contributed by atoms with Gasteiger partial charge in [0.15, 0.2) is 11.5 Å². The van der Waals surface area contributed by atoms with Gasteiger partial charge in [-0.25, -0.2) is 29.3 Å². The van der Waals surface area contributed by atoms with Crippen molar-refractivity contribution in [2.45, 2.75) is 19.9 Å². The molecule has 2 N–H and O–H groups in total. The number of pyridine rings is 2. The van der Waals surface area contributed by atoms with Gasteiger partial charge in [-0.05, 0) is 60.5 Å². The van der Waals surface area contributed by atoms with Crippen LogP contribution in [-0.2, 0) is 13.0 Å². The Balaban J connectivity index is 1.17. The van der Waals surface area contributed by atoms with Crippen LogP contribution in [0.15, 0.2) is 85.2 Å². The largest absolute Gasteiger partial charge is 0.383 e. The Morgan fingerprint density at radius 1 is 0.870 bits per heavy atom. The Bertz CT molecular complexity index is 2070. The van der Waals surface area contributed by atoms with Gasteiger partial charge < -0.3 is 10.6 Å². The van der Waals surface area contributed by atoms with Gasteiger partial charge in [0, 0.05) is 61.9 Å². The molecule has 10 nitrogen and oxygen atoms in total. The number of halogens is 1. The van der Waals surface area contributed by atoms with Crippen molar-refractivity contribution in [3.05, 3.63) is 108 Å². The Morgan fingerprint density at radius 3 is 2.39 bits per heavy atom. The van der Waals surface area contributed by atoms with Gasteiger partial charge in [-0.15, -0.1) is 0 Å². The van der Waals surface area contributed by atoms with Gasteiger partial charge in [-0.1, -0.05) is 31.2 Å². The standard InChI is InChI=1S/C35H31FN10/c1-2-24-21-40-31(20-37)43-33(24)45-18-16-44(17-19-45)22-23-9-11-25(12-10-23)46-34(27-7-5-15-39-32(27)38)42-30-14-13-29(41-35(30)46)26-6-3-4-8-28(26)36/h3-15,21H,2,16-19,22H2,1H3,(H2,38,39). The highest BCUT2D eigenvalue weighted by atomic mass is 19.1. The Hall–Kier alpha value is -5.73. The van der Waals surface area contributed by atoms with Crippen LogP contribution in [0.3, 0.4) is 0 Å². The van der Waals surface area contributed by atoms with Crippen LogP contribution >= 0.6 is 0 Å². The highest BCUT2D eigenvalue weighted by molar-refractivity contribution is 5.84. The molecule has 0 radical (unpaired) electrons. The first-order valence-electron chi connectivity index (χ1n) is 15.2. The lowest BCUT2D eigenvalue weighted by atomic mass is 10.1. The third-order valence-corrected chi connectivity index (χ3v) is 8.33. The first kappa shape index (κ1) is 29.0. The molecule has 46 heavy (non-hydrogen) atoms. The number of piperazine rings is 1. The second-order valence-corrected chi connectivity index (χ2v) is 11.2. The van der Waals surface area contributed by atoms with Gasteiger partial charge in [-0.3, -0.25) is 9.47 Å². The van der Waals surface area contributed by atoms with E-state index in [0.29, 0.717) is 39.6 Å². The molecule has 1 saturated heterocycles. The highest BCUT2D eigenvalue weighted by Crippen LogP contribution is 2.32. The molecule has 0 spiro atoms. The van der Waals surface area contributed by atoms with E-state index in [0.717, 1.165) is 56.2 Å². The van der Waals surface area contributed by atoms with Gasteiger partial charge in [-0.2, -0.15) is 5.26 Å². The molecule has 1 aliphatic rings. The molecule has 0 atom stereocenters. The summed E-state index contributed by atoms with van der Waals surface area (Å²) in [6.45, 7) is 6.25. The van der Waals surface area contributed by atoms with E-state index in [1.165, 1.54) is 11.6 Å². The lowest BCUT2D eigenvalue weighted by Crippen LogP contribution is -2.46. The van der Waals surface area contributed by atoms with Crippen molar-refractivity contribution in [3.8, 4) is 34.4 Å². The Morgan fingerprint density at radius 2 is 1.65 bits per heavy atom. The SMILES string of the molecule is CCc1cnc(C#N)nc1N1CCN(Cc2ccc(-n3c(-c4cccnc4N)nc4ccc(-c5ccccc5F)nc43)cc2)CC1.